The van der Waals surface area contributed by atoms with Gasteiger partial charge in [-0.1, -0.05) is 57.4 Å². The Kier molecular flexibility index (Phi) is 9.18. The van der Waals surface area contributed by atoms with Crippen LogP contribution in [0.3, 0.4) is 0 Å². The summed E-state index contributed by atoms with van der Waals surface area (Å²) in [6.07, 6.45) is 14.5. The molecular formula is C13H24. The molecule has 0 aromatic rings. The maximum atomic E-state index is 2.32. The molecule has 0 aliphatic carbocycles. The van der Waals surface area contributed by atoms with Gasteiger partial charge in [-0.15, -0.1) is 0 Å². The van der Waals surface area contributed by atoms with E-state index in [4.69, 9.17) is 0 Å². The van der Waals surface area contributed by atoms with Crippen LogP contribution in [0.15, 0.2) is 23.8 Å². The van der Waals surface area contributed by atoms with Crippen molar-refractivity contribution < 1.29 is 0 Å². The van der Waals surface area contributed by atoms with Crippen molar-refractivity contribution in [1.29, 1.82) is 0 Å². The summed E-state index contributed by atoms with van der Waals surface area (Å²) in [7, 11) is 0. The number of unbranched alkanes of at least 4 members (excludes halogenated alkanes) is 3. The van der Waals surface area contributed by atoms with Crippen molar-refractivity contribution in [3.8, 4) is 0 Å². The summed E-state index contributed by atoms with van der Waals surface area (Å²) in [6.45, 7) is 6.66. The third-order valence-corrected chi connectivity index (χ3v) is 2.18. The highest BCUT2D eigenvalue weighted by Crippen LogP contribution is 2.06. The van der Waals surface area contributed by atoms with Gasteiger partial charge in [-0.05, 0) is 25.7 Å². The fourth-order valence-corrected chi connectivity index (χ4v) is 1.34. The van der Waals surface area contributed by atoms with Gasteiger partial charge in [-0.2, -0.15) is 0 Å². The molecule has 0 aromatic carbocycles. The molecule has 0 N–H and O–H groups in total. The Morgan fingerprint density at radius 2 is 1.85 bits per heavy atom. The maximum Gasteiger partial charge on any atom is -0.0311 e. The molecule has 0 aromatic heterocycles. The molecule has 0 aliphatic rings. The third kappa shape index (κ3) is 7.83. The van der Waals surface area contributed by atoms with Gasteiger partial charge in [-0.25, -0.2) is 0 Å². The predicted octanol–water partition coefficient (Wildman–Crippen LogP) is 4.87. The average Bonchev–Trinajstić information content (AvgIpc) is 2.16. The molecule has 0 spiro atoms. The smallest absolute Gasteiger partial charge is 0.0311 e. The van der Waals surface area contributed by atoms with Crippen LogP contribution < -0.4 is 0 Å². The lowest BCUT2D eigenvalue weighted by Crippen LogP contribution is -1.75. The van der Waals surface area contributed by atoms with Gasteiger partial charge in [0.25, 0.3) is 0 Å². The van der Waals surface area contributed by atoms with E-state index in [2.05, 4.69) is 39.0 Å². The standard InChI is InChI=1S/C13H24/c1-4-7-8-9-10-12-13(6-3)11-5-2/h10-12H,4-9H2,1-3H3/b12-10+,13-11?. The molecule has 0 saturated heterocycles. The summed E-state index contributed by atoms with van der Waals surface area (Å²) in [5.74, 6) is 0. The lowest BCUT2D eigenvalue weighted by atomic mass is 10.1. The number of hydrogen-bond acceptors (Lipinski definition) is 0. The highest BCUT2D eigenvalue weighted by atomic mass is 13.9. The van der Waals surface area contributed by atoms with Crippen LogP contribution in [-0.4, -0.2) is 0 Å². The van der Waals surface area contributed by atoms with Crippen molar-refractivity contribution in [3.05, 3.63) is 23.8 Å². The lowest BCUT2D eigenvalue weighted by Gasteiger charge is -1.96. The van der Waals surface area contributed by atoms with E-state index < -0.39 is 0 Å². The predicted molar refractivity (Wildman–Crippen MR) is 61.9 cm³/mol. The Balaban J connectivity index is 3.61. The van der Waals surface area contributed by atoms with Gasteiger partial charge in [0.2, 0.25) is 0 Å². The van der Waals surface area contributed by atoms with Gasteiger partial charge in [0.1, 0.15) is 0 Å². The van der Waals surface area contributed by atoms with E-state index in [1.165, 1.54) is 31.3 Å². The number of hydrogen-bond donors (Lipinski definition) is 0. The molecule has 0 bridgehead atoms. The van der Waals surface area contributed by atoms with E-state index in [1.54, 1.807) is 0 Å². The lowest BCUT2D eigenvalue weighted by molar-refractivity contribution is 0.729. The Morgan fingerprint density at radius 1 is 1.08 bits per heavy atom. The first-order valence-corrected chi connectivity index (χ1v) is 5.70. The maximum absolute atomic E-state index is 2.32. The zero-order valence-corrected chi connectivity index (χ0v) is 9.47. The van der Waals surface area contributed by atoms with E-state index in [0.717, 1.165) is 12.8 Å². The largest absolute Gasteiger partial charge is 0.0843 e. The minimum Gasteiger partial charge on any atom is -0.0843 e. The van der Waals surface area contributed by atoms with Crippen molar-refractivity contribution in [2.75, 3.05) is 0 Å². The summed E-state index contributed by atoms with van der Waals surface area (Å²) in [5, 5.41) is 0. The van der Waals surface area contributed by atoms with Gasteiger partial charge >= 0.3 is 0 Å². The topological polar surface area (TPSA) is 0 Å². The monoisotopic (exact) mass is 180 g/mol. The molecule has 13 heavy (non-hydrogen) atoms. The first-order chi connectivity index (χ1) is 6.35. The van der Waals surface area contributed by atoms with Crippen LogP contribution >= 0.6 is 0 Å². The van der Waals surface area contributed by atoms with Gasteiger partial charge < -0.3 is 0 Å². The summed E-state index contributed by atoms with van der Waals surface area (Å²) < 4.78 is 0. The molecule has 0 saturated carbocycles. The van der Waals surface area contributed by atoms with Gasteiger partial charge in [0.15, 0.2) is 0 Å². The van der Waals surface area contributed by atoms with Gasteiger partial charge in [-0.3, -0.25) is 0 Å². The number of rotatable bonds is 7. The molecule has 0 atom stereocenters. The van der Waals surface area contributed by atoms with Crippen molar-refractivity contribution in [1.82, 2.24) is 0 Å². The molecule has 0 radical (unpaired) electrons. The first kappa shape index (κ1) is 12.5. The van der Waals surface area contributed by atoms with E-state index >= 15 is 0 Å². The SMILES string of the molecule is CCC=C(/C=C/CCCCC)CC. The molecule has 0 aliphatic heterocycles. The molecular weight excluding hydrogens is 156 g/mol. The fraction of sp³-hybridized carbons (Fsp3) is 0.692. The second-order valence-electron chi connectivity index (χ2n) is 3.44. The van der Waals surface area contributed by atoms with Crippen LogP contribution in [0, 0.1) is 0 Å². The molecule has 0 fully saturated rings. The van der Waals surface area contributed by atoms with E-state index in [0.29, 0.717) is 0 Å². The molecule has 76 valence electrons. The first-order valence-electron chi connectivity index (χ1n) is 5.70. The van der Waals surface area contributed by atoms with Crippen LogP contribution in [-0.2, 0) is 0 Å². The minimum atomic E-state index is 1.16. The summed E-state index contributed by atoms with van der Waals surface area (Å²) in [4.78, 5) is 0. The van der Waals surface area contributed by atoms with E-state index in [9.17, 15) is 0 Å². The molecule has 0 heterocycles. The van der Waals surface area contributed by atoms with Crippen LogP contribution in [0.4, 0.5) is 0 Å². The second kappa shape index (κ2) is 9.57. The van der Waals surface area contributed by atoms with Crippen LogP contribution in [0.1, 0.15) is 59.3 Å². The zero-order valence-electron chi connectivity index (χ0n) is 9.47. The highest BCUT2D eigenvalue weighted by Gasteiger charge is 1.86. The molecule has 0 rings (SSSR count). The number of allylic oxidation sites excluding steroid dienone is 4. The Bertz CT molecular complexity index is 151. The van der Waals surface area contributed by atoms with Gasteiger partial charge in [0.05, 0.1) is 0 Å². The van der Waals surface area contributed by atoms with E-state index in [1.807, 2.05) is 0 Å². The van der Waals surface area contributed by atoms with Crippen LogP contribution in [0.5, 0.6) is 0 Å². The molecule has 0 heteroatoms. The van der Waals surface area contributed by atoms with Crippen molar-refractivity contribution in [2.45, 2.75) is 59.3 Å². The van der Waals surface area contributed by atoms with Crippen LogP contribution in [0.2, 0.25) is 0 Å². The van der Waals surface area contributed by atoms with Crippen molar-refractivity contribution in [3.63, 3.8) is 0 Å². The normalized spacial score (nSPS) is 12.7. The Morgan fingerprint density at radius 3 is 2.38 bits per heavy atom. The Hall–Kier alpha value is -0.520. The fourth-order valence-electron chi connectivity index (χ4n) is 1.34. The zero-order chi connectivity index (χ0) is 9.94. The molecule has 0 amide bonds. The molecule has 0 unspecified atom stereocenters. The van der Waals surface area contributed by atoms with Gasteiger partial charge in [0, 0.05) is 0 Å². The van der Waals surface area contributed by atoms with E-state index in [-0.39, 0.29) is 0 Å². The minimum absolute atomic E-state index is 1.16. The quantitative estimate of drug-likeness (QED) is 0.387. The van der Waals surface area contributed by atoms with Crippen LogP contribution in [0.25, 0.3) is 0 Å². The summed E-state index contributed by atoms with van der Waals surface area (Å²) in [5.41, 5.74) is 1.49. The average molecular weight is 180 g/mol. The van der Waals surface area contributed by atoms with Crippen molar-refractivity contribution in [2.24, 2.45) is 0 Å². The third-order valence-electron chi connectivity index (χ3n) is 2.18. The van der Waals surface area contributed by atoms with Crippen molar-refractivity contribution >= 4 is 0 Å². The Labute approximate surface area is 83.7 Å². The molecule has 0 nitrogen and oxygen atoms in total. The summed E-state index contributed by atoms with van der Waals surface area (Å²) in [6, 6.07) is 0. The highest BCUT2D eigenvalue weighted by molar-refractivity contribution is 5.17. The second-order valence-corrected chi connectivity index (χ2v) is 3.44. The summed E-state index contributed by atoms with van der Waals surface area (Å²) >= 11 is 0.